The fourth-order valence-electron chi connectivity index (χ4n) is 3.55. The Labute approximate surface area is 178 Å². The topological polar surface area (TPSA) is 80.5 Å². The summed E-state index contributed by atoms with van der Waals surface area (Å²) in [5.74, 6) is 0.615. The van der Waals surface area contributed by atoms with Gasteiger partial charge in [0.2, 0.25) is 0 Å². The van der Waals surface area contributed by atoms with Crippen LogP contribution in [0.4, 0.5) is 0 Å². The first kappa shape index (κ1) is 23.6. The minimum atomic E-state index is -0.134. The van der Waals surface area contributed by atoms with Crippen LogP contribution in [0.25, 0.3) is 0 Å². The number of hydrogen-bond acceptors (Lipinski definition) is 6. The number of ketones is 1. The van der Waals surface area contributed by atoms with Gasteiger partial charge in [-0.1, -0.05) is 38.3 Å². The van der Waals surface area contributed by atoms with E-state index in [2.05, 4.69) is 17.1 Å². The van der Waals surface area contributed by atoms with E-state index in [4.69, 9.17) is 21.2 Å². The molecule has 162 valence electrons. The lowest BCUT2D eigenvalue weighted by atomic mass is 9.83. The average Bonchev–Trinajstić information content (AvgIpc) is 3.18. The third kappa shape index (κ3) is 7.59. The Hall–Kier alpha value is -1.66. The number of Topliss-reactive ketones (excluding diaryl/α,β-unsaturated/α-hetero) is 1. The number of aliphatic hydroxyl groups is 1. The summed E-state index contributed by atoms with van der Waals surface area (Å²) in [6, 6.07) is 0. The summed E-state index contributed by atoms with van der Waals surface area (Å²) in [4.78, 5) is 22.3. The average molecular weight is 425 g/mol. The molecule has 0 aromatic heterocycles. The van der Waals surface area contributed by atoms with Crippen molar-refractivity contribution in [3.8, 4) is 0 Å². The third-order valence-electron chi connectivity index (χ3n) is 5.08. The zero-order valence-electron chi connectivity index (χ0n) is 17.5. The maximum atomic E-state index is 12.6. The van der Waals surface area contributed by atoms with E-state index in [0.29, 0.717) is 43.0 Å². The van der Waals surface area contributed by atoms with Crippen LogP contribution in [0.5, 0.6) is 0 Å². The fourth-order valence-corrected chi connectivity index (χ4v) is 3.86. The Morgan fingerprint density at radius 3 is 2.83 bits per heavy atom. The predicted octanol–water partition coefficient (Wildman–Crippen LogP) is 5.12. The highest BCUT2D eigenvalue weighted by molar-refractivity contribution is 6.23. The van der Waals surface area contributed by atoms with Crippen molar-refractivity contribution in [3.05, 3.63) is 23.6 Å². The van der Waals surface area contributed by atoms with Crippen molar-refractivity contribution in [2.45, 2.75) is 77.4 Å². The summed E-state index contributed by atoms with van der Waals surface area (Å²) in [6.45, 7) is 4.44. The van der Waals surface area contributed by atoms with Gasteiger partial charge in [0.05, 0.1) is 17.4 Å². The number of hydrogen-bond donors (Lipinski definition) is 1. The van der Waals surface area contributed by atoms with Gasteiger partial charge in [0.1, 0.15) is 18.5 Å². The number of oxime groups is 1. The SMILES string of the molecule is CCCCC(CO/N=C(\CCC)C1=C(O)CC(CCCl)CC1=O)OC1C=CN=C1. The van der Waals surface area contributed by atoms with Crippen molar-refractivity contribution in [2.75, 3.05) is 12.5 Å². The molecule has 0 spiro atoms. The van der Waals surface area contributed by atoms with Gasteiger partial charge in [-0.2, -0.15) is 0 Å². The second kappa shape index (κ2) is 12.8. The largest absolute Gasteiger partial charge is 0.511 e. The van der Waals surface area contributed by atoms with Gasteiger partial charge >= 0.3 is 0 Å². The lowest BCUT2D eigenvalue weighted by Crippen LogP contribution is -2.27. The molecule has 0 bridgehead atoms. The van der Waals surface area contributed by atoms with E-state index in [1.54, 1.807) is 12.4 Å². The summed E-state index contributed by atoms with van der Waals surface area (Å²) < 4.78 is 6.01. The lowest BCUT2D eigenvalue weighted by Gasteiger charge is -2.23. The number of aliphatic hydroxyl groups excluding tert-OH is 1. The van der Waals surface area contributed by atoms with E-state index >= 15 is 0 Å². The number of ether oxygens (including phenoxy) is 1. The van der Waals surface area contributed by atoms with Crippen molar-refractivity contribution in [1.29, 1.82) is 0 Å². The molecule has 6 nitrogen and oxygen atoms in total. The Bertz CT molecular complexity index is 645. The first-order chi connectivity index (χ1) is 14.1. The molecule has 0 saturated heterocycles. The van der Waals surface area contributed by atoms with Crippen LogP contribution in [0.2, 0.25) is 0 Å². The zero-order chi connectivity index (χ0) is 21.1. The second-order valence-corrected chi connectivity index (χ2v) is 7.96. The number of halogens is 1. The van der Waals surface area contributed by atoms with Gasteiger partial charge < -0.3 is 14.7 Å². The first-order valence-electron chi connectivity index (χ1n) is 10.6. The summed E-state index contributed by atoms with van der Waals surface area (Å²) in [5, 5.41) is 14.7. The molecule has 0 radical (unpaired) electrons. The van der Waals surface area contributed by atoms with Crippen LogP contribution in [-0.2, 0) is 14.4 Å². The van der Waals surface area contributed by atoms with E-state index in [0.717, 1.165) is 32.1 Å². The maximum Gasteiger partial charge on any atom is 0.168 e. The van der Waals surface area contributed by atoms with Gasteiger partial charge in [-0.05, 0) is 31.3 Å². The quantitative estimate of drug-likeness (QED) is 0.253. The number of carbonyl (C=O) groups excluding carboxylic acids is 1. The van der Waals surface area contributed by atoms with Crippen LogP contribution < -0.4 is 0 Å². The number of unbranched alkanes of at least 4 members (excludes halogenated alkanes) is 1. The number of alkyl halides is 1. The normalized spacial score (nSPS) is 23.1. The minimum absolute atomic E-state index is 0.0780. The molecule has 1 aliphatic carbocycles. The van der Waals surface area contributed by atoms with E-state index in [1.165, 1.54) is 0 Å². The highest BCUT2D eigenvalue weighted by atomic mass is 35.5. The molecule has 2 rings (SSSR count). The highest BCUT2D eigenvalue weighted by Crippen LogP contribution is 2.30. The van der Waals surface area contributed by atoms with Crippen molar-refractivity contribution in [1.82, 2.24) is 0 Å². The van der Waals surface area contributed by atoms with Crippen molar-refractivity contribution in [3.63, 3.8) is 0 Å². The van der Waals surface area contributed by atoms with Crippen LogP contribution >= 0.6 is 11.6 Å². The van der Waals surface area contributed by atoms with Crippen LogP contribution in [0.3, 0.4) is 0 Å². The molecule has 0 aromatic carbocycles. The minimum Gasteiger partial charge on any atom is -0.511 e. The number of carbonyl (C=O) groups is 1. The number of nitrogens with zero attached hydrogens (tertiary/aromatic N) is 2. The first-order valence-corrected chi connectivity index (χ1v) is 11.2. The molecule has 3 atom stereocenters. The van der Waals surface area contributed by atoms with Crippen LogP contribution in [-0.4, -0.2) is 47.5 Å². The van der Waals surface area contributed by atoms with Gasteiger partial charge in [0, 0.05) is 31.1 Å². The van der Waals surface area contributed by atoms with Crippen molar-refractivity contribution < 1.29 is 19.5 Å². The maximum absolute atomic E-state index is 12.6. The molecule has 1 aliphatic heterocycles. The zero-order valence-corrected chi connectivity index (χ0v) is 18.2. The Kier molecular flexibility index (Phi) is 10.4. The molecule has 1 N–H and O–H groups in total. The molecule has 0 saturated carbocycles. The van der Waals surface area contributed by atoms with E-state index < -0.39 is 0 Å². The fraction of sp³-hybridized carbons (Fsp3) is 0.682. The van der Waals surface area contributed by atoms with E-state index in [1.807, 2.05) is 13.0 Å². The van der Waals surface area contributed by atoms with E-state index in [9.17, 15) is 9.90 Å². The standard InChI is InChI=1S/C22H33ClN2O4/c1-3-5-7-18(29-17-9-11-24-14-17)15-28-25-19(6-4-2)22-20(26)12-16(8-10-23)13-21(22)27/h9,11,14,16-18,26H,3-8,10,12-13,15H2,1-2H3/b25-19+. The smallest absolute Gasteiger partial charge is 0.168 e. The second-order valence-electron chi connectivity index (χ2n) is 7.59. The molecule has 0 amide bonds. The van der Waals surface area contributed by atoms with Gasteiger partial charge in [0.25, 0.3) is 0 Å². The van der Waals surface area contributed by atoms with Gasteiger partial charge in [-0.15, -0.1) is 11.6 Å². The number of allylic oxidation sites excluding steroid dienone is 2. The number of rotatable bonds is 13. The Balaban J connectivity index is 2.04. The number of aliphatic imine (C=N–C) groups is 1. The molecule has 0 fully saturated rings. The third-order valence-corrected chi connectivity index (χ3v) is 5.29. The summed E-state index contributed by atoms with van der Waals surface area (Å²) in [5.41, 5.74) is 0.852. The Morgan fingerprint density at radius 1 is 1.38 bits per heavy atom. The molecule has 2 aliphatic rings. The molecule has 3 unspecified atom stereocenters. The van der Waals surface area contributed by atoms with Crippen LogP contribution in [0.15, 0.2) is 33.8 Å². The highest BCUT2D eigenvalue weighted by Gasteiger charge is 2.30. The van der Waals surface area contributed by atoms with Crippen molar-refractivity contribution in [2.24, 2.45) is 16.1 Å². The monoisotopic (exact) mass is 424 g/mol. The summed E-state index contributed by atoms with van der Waals surface area (Å²) in [6.07, 6.45) is 11.0. The van der Waals surface area contributed by atoms with Gasteiger partial charge in [-0.3, -0.25) is 9.79 Å². The lowest BCUT2D eigenvalue weighted by molar-refractivity contribution is -0.116. The summed E-state index contributed by atoms with van der Waals surface area (Å²) >= 11 is 5.80. The molecule has 29 heavy (non-hydrogen) atoms. The van der Waals surface area contributed by atoms with Gasteiger partial charge in [-0.25, -0.2) is 0 Å². The van der Waals surface area contributed by atoms with E-state index in [-0.39, 0.29) is 29.7 Å². The molecule has 1 heterocycles. The van der Waals surface area contributed by atoms with Crippen LogP contribution in [0, 0.1) is 5.92 Å². The molecule has 0 aromatic rings. The van der Waals surface area contributed by atoms with Gasteiger partial charge in [0.15, 0.2) is 5.78 Å². The van der Waals surface area contributed by atoms with Crippen LogP contribution in [0.1, 0.15) is 65.2 Å². The molecular formula is C22H33ClN2O4. The molecule has 7 heteroatoms. The predicted molar refractivity (Wildman–Crippen MR) is 117 cm³/mol. The molecular weight excluding hydrogens is 392 g/mol. The summed E-state index contributed by atoms with van der Waals surface area (Å²) in [7, 11) is 0. The van der Waals surface area contributed by atoms with Crippen molar-refractivity contribution >= 4 is 29.3 Å². The Morgan fingerprint density at radius 2 is 2.21 bits per heavy atom.